The molecule has 0 radical (unpaired) electrons. The Morgan fingerprint density at radius 2 is 2.00 bits per heavy atom. The van der Waals surface area contributed by atoms with Gasteiger partial charge in [-0.1, -0.05) is 0 Å². The van der Waals surface area contributed by atoms with E-state index in [0.717, 1.165) is 17.8 Å². The highest BCUT2D eigenvalue weighted by Crippen LogP contribution is 2.08. The molecule has 1 aromatic heterocycles. The highest BCUT2D eigenvalue weighted by atomic mass is 32.2. The summed E-state index contributed by atoms with van der Waals surface area (Å²) >= 11 is 0. The van der Waals surface area contributed by atoms with Crippen LogP contribution in [0.4, 0.5) is 5.82 Å². The summed E-state index contributed by atoms with van der Waals surface area (Å²) in [4.78, 5) is 10.2. The third-order valence-electron chi connectivity index (χ3n) is 1.84. The van der Waals surface area contributed by atoms with Crippen LogP contribution in [0, 0.1) is 6.92 Å². The summed E-state index contributed by atoms with van der Waals surface area (Å²) in [6, 6.07) is 1.84. The number of anilines is 1. The zero-order chi connectivity index (χ0) is 12.3. The van der Waals surface area contributed by atoms with Crippen LogP contribution in [0.5, 0.6) is 0 Å². The fourth-order valence-electron chi connectivity index (χ4n) is 1.12. The maximum absolute atomic E-state index is 10.9. The van der Waals surface area contributed by atoms with E-state index in [2.05, 4.69) is 14.7 Å². The molecule has 6 nitrogen and oxygen atoms in total. The summed E-state index contributed by atoms with van der Waals surface area (Å²) in [5.74, 6) is 1.23. The van der Waals surface area contributed by atoms with Crippen molar-refractivity contribution in [2.24, 2.45) is 0 Å². The average molecular weight is 244 g/mol. The minimum atomic E-state index is -3.21. The van der Waals surface area contributed by atoms with Gasteiger partial charge in [0.05, 0.1) is 12.8 Å². The lowest BCUT2D eigenvalue weighted by Gasteiger charge is -2.13. The van der Waals surface area contributed by atoms with Crippen LogP contribution in [-0.4, -0.2) is 38.7 Å². The topological polar surface area (TPSA) is 75.2 Å². The second kappa shape index (κ2) is 4.75. The number of hydrogen-bond donors (Lipinski definition) is 1. The lowest BCUT2D eigenvalue weighted by molar-refractivity contribution is 0.585. The number of rotatable bonds is 4. The van der Waals surface area contributed by atoms with E-state index >= 15 is 0 Å². The van der Waals surface area contributed by atoms with Crippen molar-refractivity contribution in [1.82, 2.24) is 14.7 Å². The molecule has 0 aromatic carbocycles. The number of aryl methyl sites for hydroxylation is 1. The van der Waals surface area contributed by atoms with Crippen molar-refractivity contribution < 1.29 is 8.42 Å². The number of nitrogens with zero attached hydrogens (tertiary/aromatic N) is 3. The molecule has 7 heteroatoms. The molecule has 16 heavy (non-hydrogen) atoms. The van der Waals surface area contributed by atoms with Gasteiger partial charge in [-0.2, -0.15) is 0 Å². The van der Waals surface area contributed by atoms with Crippen LogP contribution in [0.15, 0.2) is 6.07 Å². The van der Waals surface area contributed by atoms with Gasteiger partial charge in [-0.3, -0.25) is 0 Å². The van der Waals surface area contributed by atoms with Gasteiger partial charge in [-0.05, 0) is 6.92 Å². The number of aromatic nitrogens is 2. The second-order valence-electron chi connectivity index (χ2n) is 3.77. The first-order valence-corrected chi connectivity index (χ1v) is 6.63. The first-order valence-electron chi connectivity index (χ1n) is 4.74. The number of hydrogen-bond acceptors (Lipinski definition) is 5. The van der Waals surface area contributed by atoms with Crippen molar-refractivity contribution in [1.29, 1.82) is 0 Å². The van der Waals surface area contributed by atoms with Crippen LogP contribution in [0.3, 0.4) is 0 Å². The zero-order valence-electron chi connectivity index (χ0n) is 9.85. The molecular weight excluding hydrogens is 228 g/mol. The first kappa shape index (κ1) is 12.9. The van der Waals surface area contributed by atoms with Crippen LogP contribution >= 0.6 is 0 Å². The van der Waals surface area contributed by atoms with E-state index < -0.39 is 10.0 Å². The number of sulfonamides is 1. The molecule has 0 unspecified atom stereocenters. The minimum absolute atomic E-state index is 0.112. The monoisotopic (exact) mass is 244 g/mol. The highest BCUT2D eigenvalue weighted by Gasteiger charge is 2.06. The van der Waals surface area contributed by atoms with Gasteiger partial charge in [-0.15, -0.1) is 0 Å². The molecule has 1 aromatic rings. The van der Waals surface area contributed by atoms with Crippen LogP contribution < -0.4 is 9.62 Å². The summed E-state index contributed by atoms with van der Waals surface area (Å²) in [7, 11) is 0.529. The van der Waals surface area contributed by atoms with Crippen molar-refractivity contribution >= 4 is 15.8 Å². The first-order chi connectivity index (χ1) is 7.28. The van der Waals surface area contributed by atoms with Gasteiger partial charge in [0, 0.05) is 25.9 Å². The summed E-state index contributed by atoms with van der Waals surface area (Å²) in [6.07, 6.45) is 1.11. The van der Waals surface area contributed by atoms with Crippen LogP contribution in [0.2, 0.25) is 0 Å². The standard InChI is InChI=1S/C9H16N4O2S/c1-7-5-9(13(2)3)12-8(11-7)6-10-16(4,14)15/h5,10H,6H2,1-4H3. The molecule has 1 rings (SSSR count). The fourth-order valence-corrected chi connectivity index (χ4v) is 1.51. The second-order valence-corrected chi connectivity index (χ2v) is 5.60. The van der Waals surface area contributed by atoms with E-state index in [0.29, 0.717) is 5.82 Å². The molecule has 0 amide bonds. The Kier molecular flexibility index (Phi) is 3.82. The fraction of sp³-hybridized carbons (Fsp3) is 0.556. The maximum Gasteiger partial charge on any atom is 0.209 e. The predicted octanol–water partition coefficient (Wildman–Crippen LogP) is -0.0998. The van der Waals surface area contributed by atoms with E-state index in [1.54, 1.807) is 0 Å². The molecule has 0 spiro atoms. The molecular formula is C9H16N4O2S. The van der Waals surface area contributed by atoms with Gasteiger partial charge >= 0.3 is 0 Å². The average Bonchev–Trinajstić information content (AvgIpc) is 2.13. The molecule has 0 aliphatic carbocycles. The van der Waals surface area contributed by atoms with Crippen molar-refractivity contribution in [2.45, 2.75) is 13.5 Å². The third kappa shape index (κ3) is 4.11. The van der Waals surface area contributed by atoms with Crippen LogP contribution in [-0.2, 0) is 16.6 Å². The van der Waals surface area contributed by atoms with Gasteiger partial charge < -0.3 is 4.90 Å². The summed E-state index contributed by atoms with van der Waals surface area (Å²) in [5.41, 5.74) is 0.809. The Morgan fingerprint density at radius 3 is 2.50 bits per heavy atom. The van der Waals surface area contributed by atoms with Gasteiger partial charge in [-0.25, -0.2) is 23.1 Å². The van der Waals surface area contributed by atoms with E-state index in [1.807, 2.05) is 32.0 Å². The van der Waals surface area contributed by atoms with Crippen molar-refractivity contribution in [3.63, 3.8) is 0 Å². The molecule has 0 atom stereocenters. The van der Waals surface area contributed by atoms with E-state index in [4.69, 9.17) is 0 Å². The summed E-state index contributed by atoms with van der Waals surface area (Å²) in [6.45, 7) is 1.96. The molecule has 0 saturated heterocycles. The summed E-state index contributed by atoms with van der Waals surface area (Å²) in [5, 5.41) is 0. The zero-order valence-corrected chi connectivity index (χ0v) is 10.7. The smallest absolute Gasteiger partial charge is 0.209 e. The van der Waals surface area contributed by atoms with Crippen molar-refractivity contribution in [3.8, 4) is 0 Å². The van der Waals surface area contributed by atoms with Crippen LogP contribution in [0.25, 0.3) is 0 Å². The Balaban J connectivity index is 2.89. The molecule has 0 aliphatic heterocycles. The highest BCUT2D eigenvalue weighted by molar-refractivity contribution is 7.88. The molecule has 0 saturated carbocycles. The predicted molar refractivity (Wildman–Crippen MR) is 62.8 cm³/mol. The van der Waals surface area contributed by atoms with Gasteiger partial charge in [0.25, 0.3) is 0 Å². The van der Waals surface area contributed by atoms with E-state index in [-0.39, 0.29) is 6.54 Å². The van der Waals surface area contributed by atoms with E-state index in [9.17, 15) is 8.42 Å². The molecule has 90 valence electrons. The van der Waals surface area contributed by atoms with Crippen molar-refractivity contribution in [2.75, 3.05) is 25.3 Å². The largest absolute Gasteiger partial charge is 0.363 e. The lowest BCUT2D eigenvalue weighted by atomic mass is 10.4. The third-order valence-corrected chi connectivity index (χ3v) is 2.51. The van der Waals surface area contributed by atoms with Crippen molar-refractivity contribution in [3.05, 3.63) is 17.6 Å². The quantitative estimate of drug-likeness (QED) is 0.800. The summed E-state index contributed by atoms with van der Waals surface area (Å²) < 4.78 is 24.2. The molecule has 0 fully saturated rings. The van der Waals surface area contributed by atoms with Crippen LogP contribution in [0.1, 0.15) is 11.5 Å². The Hall–Kier alpha value is -1.21. The molecule has 1 N–H and O–H groups in total. The van der Waals surface area contributed by atoms with E-state index in [1.165, 1.54) is 0 Å². The molecule has 0 bridgehead atoms. The Labute approximate surface area is 95.8 Å². The SMILES string of the molecule is Cc1cc(N(C)C)nc(CNS(C)(=O)=O)n1. The number of nitrogens with one attached hydrogen (secondary N) is 1. The van der Waals surface area contributed by atoms with Gasteiger partial charge in [0.15, 0.2) is 0 Å². The molecule has 0 aliphatic rings. The lowest BCUT2D eigenvalue weighted by Crippen LogP contribution is -2.23. The molecule has 1 heterocycles. The Morgan fingerprint density at radius 1 is 1.38 bits per heavy atom. The maximum atomic E-state index is 10.9. The Bertz CT molecular complexity index is 470. The van der Waals surface area contributed by atoms with Gasteiger partial charge in [0.2, 0.25) is 10.0 Å². The van der Waals surface area contributed by atoms with Gasteiger partial charge in [0.1, 0.15) is 11.6 Å². The minimum Gasteiger partial charge on any atom is -0.363 e. The normalized spacial score (nSPS) is 11.5.